The zero-order valence-electron chi connectivity index (χ0n) is 12.1. The Kier molecular flexibility index (Phi) is 6.12. The lowest BCUT2D eigenvalue weighted by Gasteiger charge is -2.43. The Morgan fingerprint density at radius 1 is 1.33 bits per heavy atom. The third-order valence-corrected chi connectivity index (χ3v) is 5.02. The molecule has 0 aliphatic rings. The van der Waals surface area contributed by atoms with Crippen molar-refractivity contribution in [3.05, 3.63) is 21.3 Å². The molecule has 18 heavy (non-hydrogen) atoms. The van der Waals surface area contributed by atoms with Crippen molar-refractivity contribution in [1.82, 2.24) is 10.2 Å². The van der Waals surface area contributed by atoms with Crippen LogP contribution in [-0.4, -0.2) is 30.1 Å². The highest BCUT2D eigenvalue weighted by molar-refractivity contribution is 7.10. The second-order valence-electron chi connectivity index (χ2n) is 4.95. The Bertz CT molecular complexity index is 358. The summed E-state index contributed by atoms with van der Waals surface area (Å²) in [6, 6.07) is 2.26. The molecular weight excluding hydrogens is 264 g/mol. The first-order valence-electron chi connectivity index (χ1n) is 6.70. The van der Waals surface area contributed by atoms with Gasteiger partial charge in [-0.2, -0.15) is 0 Å². The van der Waals surface area contributed by atoms with E-state index < -0.39 is 0 Å². The van der Waals surface area contributed by atoms with E-state index in [2.05, 4.69) is 50.2 Å². The lowest BCUT2D eigenvalue weighted by atomic mass is 9.90. The minimum absolute atomic E-state index is 0.0496. The van der Waals surface area contributed by atoms with Crippen molar-refractivity contribution < 1.29 is 0 Å². The molecule has 0 saturated heterocycles. The third-order valence-electron chi connectivity index (χ3n) is 3.60. The molecule has 4 heteroatoms. The average molecular weight is 289 g/mol. The topological polar surface area (TPSA) is 15.3 Å². The number of hydrogen-bond donors (Lipinski definition) is 1. The van der Waals surface area contributed by atoms with Crippen LogP contribution in [0.2, 0.25) is 5.02 Å². The number of nitrogens with zero attached hydrogens (tertiary/aromatic N) is 1. The Morgan fingerprint density at radius 2 is 1.94 bits per heavy atom. The van der Waals surface area contributed by atoms with Crippen molar-refractivity contribution in [2.24, 2.45) is 0 Å². The van der Waals surface area contributed by atoms with Gasteiger partial charge in [-0.15, -0.1) is 11.3 Å². The maximum atomic E-state index is 6.32. The molecule has 0 aliphatic carbocycles. The van der Waals surface area contributed by atoms with Gasteiger partial charge in [0.25, 0.3) is 0 Å². The van der Waals surface area contributed by atoms with Crippen LogP contribution < -0.4 is 5.32 Å². The summed E-state index contributed by atoms with van der Waals surface area (Å²) < 4.78 is 0. The van der Waals surface area contributed by atoms with Gasteiger partial charge in [0.1, 0.15) is 0 Å². The molecular formula is C14H25ClN2S. The Hall–Kier alpha value is -0.0900. The number of likely N-dealkylation sites (N-methyl/N-ethyl adjacent to an activating group) is 2. The summed E-state index contributed by atoms with van der Waals surface area (Å²) in [6.45, 7) is 14.2. The maximum absolute atomic E-state index is 6.32. The molecule has 1 N–H and O–H groups in total. The van der Waals surface area contributed by atoms with E-state index >= 15 is 0 Å². The predicted octanol–water partition coefficient (Wildman–Crippen LogP) is 4.17. The molecule has 2 nitrogen and oxygen atoms in total. The fourth-order valence-corrected chi connectivity index (χ4v) is 4.02. The van der Waals surface area contributed by atoms with Crippen LogP contribution in [0.3, 0.4) is 0 Å². The van der Waals surface area contributed by atoms with Crippen molar-refractivity contribution in [3.63, 3.8) is 0 Å². The summed E-state index contributed by atoms with van der Waals surface area (Å²) in [5, 5.41) is 6.55. The van der Waals surface area contributed by atoms with Crippen LogP contribution in [0.25, 0.3) is 0 Å². The van der Waals surface area contributed by atoms with Gasteiger partial charge < -0.3 is 5.32 Å². The molecule has 1 atom stereocenters. The number of halogens is 1. The number of nitrogens with one attached hydrogen (secondary N) is 1. The summed E-state index contributed by atoms with van der Waals surface area (Å²) in [5.41, 5.74) is 0.0496. The van der Waals surface area contributed by atoms with Gasteiger partial charge in [-0.3, -0.25) is 4.90 Å². The van der Waals surface area contributed by atoms with Gasteiger partial charge in [0, 0.05) is 10.4 Å². The van der Waals surface area contributed by atoms with Crippen LogP contribution >= 0.6 is 22.9 Å². The lowest BCUT2D eigenvalue weighted by molar-refractivity contribution is 0.0932. The SMILES string of the molecule is CCNC(c1sccc1Cl)C(C)(C)N(CC)CC. The standard InChI is InChI=1S/C14H25ClN2S/c1-6-16-13(12-11(15)9-10-18-12)14(4,5)17(7-2)8-3/h9-10,13,16H,6-8H2,1-5H3. The smallest absolute Gasteiger partial charge is 0.0611 e. The molecule has 0 spiro atoms. The minimum atomic E-state index is 0.0496. The van der Waals surface area contributed by atoms with Crippen molar-refractivity contribution >= 4 is 22.9 Å². The van der Waals surface area contributed by atoms with Crippen LogP contribution in [0.5, 0.6) is 0 Å². The monoisotopic (exact) mass is 288 g/mol. The molecule has 0 aliphatic heterocycles. The first-order chi connectivity index (χ1) is 8.48. The van der Waals surface area contributed by atoms with Gasteiger partial charge in [-0.05, 0) is 44.9 Å². The van der Waals surface area contributed by atoms with Gasteiger partial charge in [0.05, 0.1) is 11.1 Å². The Labute approximate surface area is 120 Å². The normalized spacial score (nSPS) is 14.2. The van der Waals surface area contributed by atoms with Crippen LogP contribution in [-0.2, 0) is 0 Å². The molecule has 0 amide bonds. The van der Waals surface area contributed by atoms with Crippen LogP contribution in [0.15, 0.2) is 11.4 Å². The van der Waals surface area contributed by atoms with Crippen LogP contribution in [0.1, 0.15) is 45.5 Å². The van der Waals surface area contributed by atoms with E-state index in [-0.39, 0.29) is 11.6 Å². The fraction of sp³-hybridized carbons (Fsp3) is 0.714. The number of thiophene rings is 1. The van der Waals surface area contributed by atoms with Crippen molar-refractivity contribution in [3.8, 4) is 0 Å². The Balaban J connectivity index is 3.08. The molecule has 0 bridgehead atoms. The first kappa shape index (κ1) is 16.0. The van der Waals surface area contributed by atoms with Crippen LogP contribution in [0, 0.1) is 0 Å². The predicted molar refractivity (Wildman–Crippen MR) is 82.7 cm³/mol. The maximum Gasteiger partial charge on any atom is 0.0611 e. The van der Waals surface area contributed by atoms with Crippen molar-refractivity contribution in [1.29, 1.82) is 0 Å². The minimum Gasteiger partial charge on any atom is -0.308 e. The quantitative estimate of drug-likeness (QED) is 0.810. The molecule has 1 aromatic heterocycles. The third kappa shape index (κ3) is 3.27. The van der Waals surface area contributed by atoms with Gasteiger partial charge >= 0.3 is 0 Å². The highest BCUT2D eigenvalue weighted by Crippen LogP contribution is 2.37. The summed E-state index contributed by atoms with van der Waals surface area (Å²) >= 11 is 8.06. The second kappa shape index (κ2) is 6.90. The van der Waals surface area contributed by atoms with E-state index in [1.807, 2.05) is 6.07 Å². The van der Waals surface area contributed by atoms with Crippen molar-refractivity contribution in [2.75, 3.05) is 19.6 Å². The van der Waals surface area contributed by atoms with Gasteiger partial charge in [0.15, 0.2) is 0 Å². The van der Waals surface area contributed by atoms with E-state index in [4.69, 9.17) is 11.6 Å². The van der Waals surface area contributed by atoms with Crippen LogP contribution in [0.4, 0.5) is 0 Å². The van der Waals surface area contributed by atoms with Gasteiger partial charge in [-0.1, -0.05) is 32.4 Å². The van der Waals surface area contributed by atoms with E-state index in [0.29, 0.717) is 0 Å². The second-order valence-corrected chi connectivity index (χ2v) is 6.30. The van der Waals surface area contributed by atoms with E-state index in [1.54, 1.807) is 11.3 Å². The molecule has 0 saturated carbocycles. The number of hydrogen-bond acceptors (Lipinski definition) is 3. The number of rotatable bonds is 7. The first-order valence-corrected chi connectivity index (χ1v) is 7.96. The average Bonchev–Trinajstić information content (AvgIpc) is 2.73. The summed E-state index contributed by atoms with van der Waals surface area (Å²) in [5.74, 6) is 0. The zero-order valence-corrected chi connectivity index (χ0v) is 13.7. The molecule has 104 valence electrons. The molecule has 1 heterocycles. The Morgan fingerprint density at radius 3 is 2.33 bits per heavy atom. The van der Waals surface area contributed by atoms with Gasteiger partial charge in [-0.25, -0.2) is 0 Å². The van der Waals surface area contributed by atoms with Gasteiger partial charge in [0.2, 0.25) is 0 Å². The van der Waals surface area contributed by atoms with E-state index in [1.165, 1.54) is 4.88 Å². The molecule has 1 unspecified atom stereocenters. The zero-order chi connectivity index (χ0) is 13.8. The molecule has 0 aromatic carbocycles. The molecule has 1 rings (SSSR count). The molecule has 0 radical (unpaired) electrons. The highest BCUT2D eigenvalue weighted by atomic mass is 35.5. The molecule has 0 fully saturated rings. The summed E-state index contributed by atoms with van der Waals surface area (Å²) in [6.07, 6.45) is 0. The molecule has 1 aromatic rings. The largest absolute Gasteiger partial charge is 0.308 e. The highest BCUT2D eigenvalue weighted by Gasteiger charge is 2.36. The summed E-state index contributed by atoms with van der Waals surface area (Å²) in [7, 11) is 0. The summed E-state index contributed by atoms with van der Waals surface area (Å²) in [4.78, 5) is 3.73. The lowest BCUT2D eigenvalue weighted by Crippen LogP contribution is -2.52. The van der Waals surface area contributed by atoms with Crippen molar-refractivity contribution in [2.45, 2.75) is 46.2 Å². The van der Waals surface area contributed by atoms with E-state index in [0.717, 1.165) is 24.7 Å². The van der Waals surface area contributed by atoms with E-state index in [9.17, 15) is 0 Å². The fourth-order valence-electron chi connectivity index (χ4n) is 2.60.